The minimum absolute atomic E-state index is 0.0412. The Labute approximate surface area is 138 Å². The summed E-state index contributed by atoms with van der Waals surface area (Å²) in [5.41, 5.74) is 3.26. The molecule has 2 rings (SSSR count). The summed E-state index contributed by atoms with van der Waals surface area (Å²) in [5, 5.41) is 19.5. The van der Waals surface area contributed by atoms with Gasteiger partial charge in [-0.2, -0.15) is 0 Å². The van der Waals surface area contributed by atoms with Gasteiger partial charge in [0.1, 0.15) is 18.5 Å². The van der Waals surface area contributed by atoms with Crippen molar-refractivity contribution in [2.75, 3.05) is 31.2 Å². The molecule has 0 bridgehead atoms. The van der Waals surface area contributed by atoms with Crippen LogP contribution in [0.15, 0.2) is 48.5 Å². The van der Waals surface area contributed by atoms with Crippen molar-refractivity contribution in [1.82, 2.24) is 0 Å². The smallest absolute Gasteiger partial charge is 0.119 e. The summed E-state index contributed by atoms with van der Waals surface area (Å²) in [6, 6.07) is 15.8. The van der Waals surface area contributed by atoms with E-state index < -0.39 is 6.10 Å². The molecule has 2 N–H and O–H groups in total. The van der Waals surface area contributed by atoms with Gasteiger partial charge < -0.3 is 19.8 Å². The van der Waals surface area contributed by atoms with Crippen LogP contribution in [-0.4, -0.2) is 42.6 Å². The van der Waals surface area contributed by atoms with E-state index in [1.165, 1.54) is 0 Å². The lowest BCUT2D eigenvalue weighted by molar-refractivity contribution is 0.111. The molecule has 4 nitrogen and oxygen atoms in total. The molecule has 0 aliphatic heterocycles. The third kappa shape index (κ3) is 5.58. The third-order valence-corrected chi connectivity index (χ3v) is 3.56. The van der Waals surface area contributed by atoms with Gasteiger partial charge in [0.05, 0.1) is 6.61 Å². The minimum Gasteiger partial charge on any atom is -0.491 e. The van der Waals surface area contributed by atoms with E-state index in [1.54, 1.807) is 0 Å². The largest absolute Gasteiger partial charge is 0.491 e. The van der Waals surface area contributed by atoms with Gasteiger partial charge in [-0.25, -0.2) is 0 Å². The Bertz CT molecular complexity index is 581. The summed E-state index contributed by atoms with van der Waals surface area (Å²) in [6.07, 6.45) is -0.637. The van der Waals surface area contributed by atoms with E-state index in [9.17, 15) is 10.2 Å². The number of hydrogen-bond donors (Lipinski definition) is 2. The number of anilines is 1. The number of aliphatic hydroxyl groups is 2. The zero-order valence-corrected chi connectivity index (χ0v) is 13.8. The summed E-state index contributed by atoms with van der Waals surface area (Å²) in [6.45, 7) is 5.19. The van der Waals surface area contributed by atoms with Gasteiger partial charge >= 0.3 is 0 Å². The van der Waals surface area contributed by atoms with Crippen LogP contribution < -0.4 is 9.64 Å². The Morgan fingerprint density at radius 2 is 1.70 bits per heavy atom. The Morgan fingerprint density at radius 3 is 2.30 bits per heavy atom. The topological polar surface area (TPSA) is 52.9 Å². The lowest BCUT2D eigenvalue weighted by atomic mass is 10.1. The van der Waals surface area contributed by atoms with Crippen LogP contribution in [0.4, 0.5) is 5.69 Å². The quantitative estimate of drug-likeness (QED) is 0.786. The van der Waals surface area contributed by atoms with Gasteiger partial charge in [0, 0.05) is 18.8 Å². The molecule has 23 heavy (non-hydrogen) atoms. The van der Waals surface area contributed by atoms with Crippen molar-refractivity contribution in [1.29, 1.82) is 0 Å². The van der Waals surface area contributed by atoms with Gasteiger partial charge in [-0.3, -0.25) is 0 Å². The van der Waals surface area contributed by atoms with Crippen LogP contribution in [0.3, 0.4) is 0 Å². The summed E-state index contributed by atoms with van der Waals surface area (Å²) in [5.74, 6) is 0.773. The zero-order chi connectivity index (χ0) is 16.7. The molecule has 1 atom stereocenters. The Hall–Kier alpha value is -2.04. The highest BCUT2D eigenvalue weighted by Gasteiger charge is 2.13. The lowest BCUT2D eigenvalue weighted by Crippen LogP contribution is -2.37. The van der Waals surface area contributed by atoms with E-state index in [0.29, 0.717) is 13.1 Å². The Balaban J connectivity index is 1.92. The van der Waals surface area contributed by atoms with Crippen molar-refractivity contribution in [3.63, 3.8) is 0 Å². The first-order valence-electron chi connectivity index (χ1n) is 7.88. The molecule has 0 fully saturated rings. The van der Waals surface area contributed by atoms with E-state index in [1.807, 2.05) is 61.2 Å². The van der Waals surface area contributed by atoms with Crippen molar-refractivity contribution in [3.8, 4) is 5.75 Å². The van der Waals surface area contributed by atoms with Crippen LogP contribution in [0.5, 0.6) is 5.75 Å². The number of rotatable bonds is 8. The molecule has 0 heterocycles. The fraction of sp³-hybridized carbons (Fsp3) is 0.368. The van der Waals surface area contributed by atoms with Gasteiger partial charge in [-0.1, -0.05) is 24.3 Å². The third-order valence-electron chi connectivity index (χ3n) is 3.56. The maximum absolute atomic E-state index is 10.3. The molecular weight excluding hydrogens is 290 g/mol. The molecule has 2 aromatic rings. The number of nitrogens with zero attached hydrogens (tertiary/aromatic N) is 1. The molecule has 0 aliphatic rings. The molecule has 0 aliphatic carbocycles. The summed E-state index contributed by atoms with van der Waals surface area (Å²) in [7, 11) is 0. The molecule has 0 spiro atoms. The number of benzene rings is 2. The predicted octanol–water partition coefficient (Wildman–Crippen LogP) is 2.54. The van der Waals surface area contributed by atoms with Gasteiger partial charge in [-0.15, -0.1) is 0 Å². The molecule has 0 aromatic heterocycles. The van der Waals surface area contributed by atoms with Crippen molar-refractivity contribution < 1.29 is 14.9 Å². The van der Waals surface area contributed by atoms with E-state index in [-0.39, 0.29) is 13.2 Å². The fourth-order valence-electron chi connectivity index (χ4n) is 2.60. The second-order valence-electron chi connectivity index (χ2n) is 5.79. The van der Waals surface area contributed by atoms with Gasteiger partial charge in [0.15, 0.2) is 0 Å². The second kappa shape index (κ2) is 8.56. The summed E-state index contributed by atoms with van der Waals surface area (Å²) < 4.78 is 5.71. The van der Waals surface area contributed by atoms with Gasteiger partial charge in [-0.05, 0) is 49.2 Å². The van der Waals surface area contributed by atoms with Crippen LogP contribution in [0.1, 0.15) is 11.1 Å². The van der Waals surface area contributed by atoms with Crippen LogP contribution in [0.2, 0.25) is 0 Å². The average Bonchev–Trinajstić information content (AvgIpc) is 2.52. The molecule has 1 unspecified atom stereocenters. The SMILES string of the molecule is Cc1cc(C)cc(OCC(O)CN(CCO)c2ccccc2)c1. The highest BCUT2D eigenvalue weighted by Crippen LogP contribution is 2.17. The molecule has 0 saturated heterocycles. The number of aryl methyl sites for hydroxylation is 2. The van der Waals surface area contributed by atoms with Gasteiger partial charge in [0.25, 0.3) is 0 Å². The monoisotopic (exact) mass is 315 g/mol. The van der Waals surface area contributed by atoms with Crippen molar-refractivity contribution in [2.24, 2.45) is 0 Å². The predicted molar refractivity (Wildman–Crippen MR) is 93.2 cm³/mol. The average molecular weight is 315 g/mol. The minimum atomic E-state index is -0.637. The van der Waals surface area contributed by atoms with Crippen LogP contribution in [0, 0.1) is 13.8 Å². The van der Waals surface area contributed by atoms with Crippen LogP contribution >= 0.6 is 0 Å². The first kappa shape index (κ1) is 17.3. The molecule has 124 valence electrons. The zero-order valence-electron chi connectivity index (χ0n) is 13.8. The molecular formula is C19H25NO3. The lowest BCUT2D eigenvalue weighted by Gasteiger charge is -2.26. The van der Waals surface area contributed by atoms with Crippen LogP contribution in [-0.2, 0) is 0 Å². The number of ether oxygens (including phenoxy) is 1. The van der Waals surface area contributed by atoms with Crippen molar-refractivity contribution in [3.05, 3.63) is 59.7 Å². The van der Waals surface area contributed by atoms with Crippen molar-refractivity contribution >= 4 is 5.69 Å². The maximum Gasteiger partial charge on any atom is 0.119 e. The molecule has 4 heteroatoms. The normalized spacial score (nSPS) is 12.0. The Kier molecular flexibility index (Phi) is 6.44. The van der Waals surface area contributed by atoms with Gasteiger partial charge in [0.2, 0.25) is 0 Å². The molecule has 0 amide bonds. The Morgan fingerprint density at radius 1 is 1.04 bits per heavy atom. The number of hydrogen-bond acceptors (Lipinski definition) is 4. The first-order valence-corrected chi connectivity index (χ1v) is 7.88. The number of aliphatic hydroxyl groups excluding tert-OH is 2. The highest BCUT2D eigenvalue weighted by atomic mass is 16.5. The molecule has 2 aromatic carbocycles. The van der Waals surface area contributed by atoms with Crippen LogP contribution in [0.25, 0.3) is 0 Å². The first-order chi connectivity index (χ1) is 11.1. The summed E-state index contributed by atoms with van der Waals surface area (Å²) in [4.78, 5) is 1.95. The van der Waals surface area contributed by atoms with E-state index >= 15 is 0 Å². The number of para-hydroxylation sites is 1. The highest BCUT2D eigenvalue weighted by molar-refractivity contribution is 5.46. The van der Waals surface area contributed by atoms with E-state index in [2.05, 4.69) is 6.07 Å². The summed E-state index contributed by atoms with van der Waals surface area (Å²) >= 11 is 0. The molecule has 0 radical (unpaired) electrons. The fourth-order valence-corrected chi connectivity index (χ4v) is 2.60. The van der Waals surface area contributed by atoms with Crippen molar-refractivity contribution in [2.45, 2.75) is 20.0 Å². The standard InChI is InChI=1S/C19H25NO3/c1-15-10-16(2)12-19(11-15)23-14-18(22)13-20(8-9-21)17-6-4-3-5-7-17/h3-7,10-12,18,21-22H,8-9,13-14H2,1-2H3. The molecule has 0 saturated carbocycles. The second-order valence-corrected chi connectivity index (χ2v) is 5.79. The van der Waals surface area contributed by atoms with E-state index in [4.69, 9.17) is 4.74 Å². The van der Waals surface area contributed by atoms with E-state index in [0.717, 1.165) is 22.6 Å². The maximum atomic E-state index is 10.3.